The minimum Gasteiger partial charge on any atom is -0.481 e. The number of H-pyrrole nitrogens is 1. The van der Waals surface area contributed by atoms with Crippen LogP contribution in [0, 0.1) is 25.2 Å². The molecule has 132 valence electrons. The molecule has 2 fully saturated rings. The van der Waals surface area contributed by atoms with Crippen molar-refractivity contribution in [2.75, 3.05) is 26.3 Å². The first-order chi connectivity index (χ1) is 11.9. The lowest BCUT2D eigenvalue weighted by molar-refractivity contribution is -0.157. The number of aromatic amines is 1. The number of nitrogens with one attached hydrogen (secondary N) is 1. The van der Waals surface area contributed by atoms with E-state index in [2.05, 4.69) is 4.98 Å². The van der Waals surface area contributed by atoms with Crippen LogP contribution in [0.5, 0.6) is 0 Å². The summed E-state index contributed by atoms with van der Waals surface area (Å²) in [6.45, 7) is 5.60. The number of carbonyl (C=O) groups is 2. The molecule has 6 nitrogen and oxygen atoms in total. The predicted molar refractivity (Wildman–Crippen MR) is 92.7 cm³/mol. The van der Waals surface area contributed by atoms with Crippen molar-refractivity contribution in [2.45, 2.75) is 20.3 Å². The Bertz CT molecular complexity index is 872. The standard InChI is InChI=1S/C19H22N2O4/c1-11-12(2)20-16-4-3-13(7-15(11)16)17(22)21-8-14-9-25-6-5-19(14,10-21)18(23)24/h3-4,7,14,20H,5-6,8-10H2,1-2H3,(H,23,24)/t14-,19+/m1/s1. The molecule has 2 atom stereocenters. The number of hydrogen-bond donors (Lipinski definition) is 2. The second-order valence-electron chi connectivity index (χ2n) is 7.30. The van der Waals surface area contributed by atoms with E-state index < -0.39 is 11.4 Å². The molecule has 2 saturated heterocycles. The lowest BCUT2D eigenvalue weighted by Crippen LogP contribution is -2.45. The van der Waals surface area contributed by atoms with Gasteiger partial charge in [0, 0.05) is 47.8 Å². The highest BCUT2D eigenvalue weighted by atomic mass is 16.5. The van der Waals surface area contributed by atoms with Crippen LogP contribution in [0.15, 0.2) is 18.2 Å². The van der Waals surface area contributed by atoms with Gasteiger partial charge in [-0.25, -0.2) is 0 Å². The zero-order chi connectivity index (χ0) is 17.8. The number of carboxylic acid groups (broad SMARTS) is 1. The second kappa shape index (κ2) is 5.59. The third kappa shape index (κ3) is 2.35. The molecule has 25 heavy (non-hydrogen) atoms. The molecule has 0 aliphatic carbocycles. The van der Waals surface area contributed by atoms with E-state index in [0.717, 1.165) is 22.2 Å². The summed E-state index contributed by atoms with van der Waals surface area (Å²) >= 11 is 0. The largest absolute Gasteiger partial charge is 0.481 e. The topological polar surface area (TPSA) is 82.6 Å². The molecule has 0 radical (unpaired) electrons. The molecular weight excluding hydrogens is 320 g/mol. The molecule has 4 rings (SSSR count). The molecule has 0 bridgehead atoms. The van der Waals surface area contributed by atoms with Crippen LogP contribution >= 0.6 is 0 Å². The average molecular weight is 342 g/mol. The Hall–Kier alpha value is -2.34. The highest BCUT2D eigenvalue weighted by Crippen LogP contribution is 2.43. The third-order valence-corrected chi connectivity index (χ3v) is 5.98. The van der Waals surface area contributed by atoms with E-state index in [1.807, 2.05) is 32.0 Å². The van der Waals surface area contributed by atoms with Crippen LogP contribution in [0.1, 0.15) is 28.0 Å². The fraction of sp³-hybridized carbons (Fsp3) is 0.474. The Morgan fingerprint density at radius 1 is 1.36 bits per heavy atom. The smallest absolute Gasteiger partial charge is 0.311 e. The minimum absolute atomic E-state index is 0.102. The van der Waals surface area contributed by atoms with Crippen molar-refractivity contribution in [3.63, 3.8) is 0 Å². The van der Waals surface area contributed by atoms with Crippen LogP contribution in [0.3, 0.4) is 0 Å². The van der Waals surface area contributed by atoms with E-state index >= 15 is 0 Å². The number of fused-ring (bicyclic) bond motifs is 2. The number of likely N-dealkylation sites (tertiary alicyclic amines) is 1. The number of carboxylic acids is 1. The van der Waals surface area contributed by atoms with Crippen molar-refractivity contribution < 1.29 is 19.4 Å². The Kier molecular flexibility index (Phi) is 3.61. The van der Waals surface area contributed by atoms with Gasteiger partial charge in [0.15, 0.2) is 0 Å². The van der Waals surface area contributed by atoms with Gasteiger partial charge in [-0.05, 0) is 44.0 Å². The van der Waals surface area contributed by atoms with Gasteiger partial charge in [-0.2, -0.15) is 0 Å². The Morgan fingerprint density at radius 3 is 2.88 bits per heavy atom. The number of aliphatic carboxylic acids is 1. The van der Waals surface area contributed by atoms with Crippen LogP contribution in [0.2, 0.25) is 0 Å². The van der Waals surface area contributed by atoms with Crippen LogP contribution in [0.25, 0.3) is 10.9 Å². The molecule has 1 amide bonds. The normalized spacial score (nSPS) is 26.0. The number of rotatable bonds is 2. The Morgan fingerprint density at radius 2 is 2.16 bits per heavy atom. The zero-order valence-corrected chi connectivity index (χ0v) is 14.5. The fourth-order valence-electron chi connectivity index (χ4n) is 4.23. The fourth-order valence-corrected chi connectivity index (χ4v) is 4.23. The van der Waals surface area contributed by atoms with Crippen LogP contribution < -0.4 is 0 Å². The Balaban J connectivity index is 1.65. The summed E-state index contributed by atoms with van der Waals surface area (Å²) in [5, 5.41) is 10.8. The predicted octanol–water partition coefficient (Wildman–Crippen LogP) is 2.35. The molecule has 2 aromatic rings. The summed E-state index contributed by atoms with van der Waals surface area (Å²) < 4.78 is 5.46. The maximum absolute atomic E-state index is 13.0. The van der Waals surface area contributed by atoms with Crippen molar-refractivity contribution in [3.8, 4) is 0 Å². The first-order valence-corrected chi connectivity index (χ1v) is 8.62. The number of nitrogens with zero attached hydrogens (tertiary/aromatic N) is 1. The zero-order valence-electron chi connectivity index (χ0n) is 14.5. The maximum atomic E-state index is 13.0. The van der Waals surface area contributed by atoms with E-state index in [4.69, 9.17) is 4.74 Å². The monoisotopic (exact) mass is 342 g/mol. The van der Waals surface area contributed by atoms with E-state index in [1.54, 1.807) is 4.90 Å². The van der Waals surface area contributed by atoms with E-state index in [1.165, 1.54) is 0 Å². The lowest BCUT2D eigenvalue weighted by Gasteiger charge is -2.33. The highest BCUT2D eigenvalue weighted by molar-refractivity contribution is 5.99. The quantitative estimate of drug-likeness (QED) is 0.878. The molecule has 0 unspecified atom stereocenters. The minimum atomic E-state index is -0.862. The molecule has 1 aromatic carbocycles. The number of aryl methyl sites for hydroxylation is 2. The summed E-state index contributed by atoms with van der Waals surface area (Å²) in [7, 11) is 0. The molecule has 1 aromatic heterocycles. The summed E-state index contributed by atoms with van der Waals surface area (Å²) in [6.07, 6.45) is 0.464. The van der Waals surface area contributed by atoms with Crippen molar-refractivity contribution in [1.29, 1.82) is 0 Å². The number of hydrogen-bond acceptors (Lipinski definition) is 3. The van der Waals surface area contributed by atoms with Gasteiger partial charge in [0.05, 0.1) is 12.0 Å². The van der Waals surface area contributed by atoms with Gasteiger partial charge in [0.2, 0.25) is 0 Å². The van der Waals surface area contributed by atoms with E-state index in [9.17, 15) is 14.7 Å². The average Bonchev–Trinajstić information content (AvgIpc) is 3.13. The van der Waals surface area contributed by atoms with E-state index in [0.29, 0.717) is 31.7 Å². The number of ether oxygens (including phenoxy) is 1. The van der Waals surface area contributed by atoms with Gasteiger partial charge >= 0.3 is 5.97 Å². The van der Waals surface area contributed by atoms with Gasteiger partial charge in [-0.3, -0.25) is 9.59 Å². The Labute approximate surface area is 145 Å². The van der Waals surface area contributed by atoms with Gasteiger partial charge in [-0.15, -0.1) is 0 Å². The molecule has 2 aliphatic rings. The summed E-state index contributed by atoms with van der Waals surface area (Å²) in [4.78, 5) is 29.9. The number of aromatic nitrogens is 1. The lowest BCUT2D eigenvalue weighted by atomic mass is 9.74. The molecule has 2 aliphatic heterocycles. The van der Waals surface area contributed by atoms with Gasteiger partial charge < -0.3 is 19.7 Å². The van der Waals surface area contributed by atoms with Crippen LogP contribution in [0.4, 0.5) is 0 Å². The summed E-state index contributed by atoms with van der Waals surface area (Å²) in [5.41, 5.74) is 2.98. The maximum Gasteiger partial charge on any atom is 0.311 e. The first kappa shape index (κ1) is 16.1. The summed E-state index contributed by atoms with van der Waals surface area (Å²) in [6, 6.07) is 5.64. The van der Waals surface area contributed by atoms with E-state index in [-0.39, 0.29) is 18.4 Å². The molecule has 2 N–H and O–H groups in total. The third-order valence-electron chi connectivity index (χ3n) is 5.98. The van der Waals surface area contributed by atoms with Crippen LogP contribution in [-0.2, 0) is 9.53 Å². The molecular formula is C19H22N2O4. The number of carbonyl (C=O) groups excluding carboxylic acids is 1. The van der Waals surface area contributed by atoms with Crippen molar-refractivity contribution in [3.05, 3.63) is 35.0 Å². The van der Waals surface area contributed by atoms with Crippen molar-refractivity contribution in [2.24, 2.45) is 11.3 Å². The second-order valence-corrected chi connectivity index (χ2v) is 7.30. The molecule has 6 heteroatoms. The first-order valence-electron chi connectivity index (χ1n) is 8.62. The molecule has 3 heterocycles. The van der Waals surface area contributed by atoms with Crippen molar-refractivity contribution in [1.82, 2.24) is 9.88 Å². The SMILES string of the molecule is Cc1[nH]c2ccc(C(=O)N3C[C@@H]4COCC[C@]4(C(=O)O)C3)cc2c1C. The molecule has 0 spiro atoms. The number of amides is 1. The van der Waals surface area contributed by atoms with Gasteiger partial charge in [-0.1, -0.05) is 0 Å². The highest BCUT2D eigenvalue weighted by Gasteiger charge is 2.54. The molecule has 0 saturated carbocycles. The van der Waals surface area contributed by atoms with Crippen LogP contribution in [-0.4, -0.2) is 53.2 Å². The van der Waals surface area contributed by atoms with Gasteiger partial charge in [0.25, 0.3) is 5.91 Å². The van der Waals surface area contributed by atoms with Crippen molar-refractivity contribution >= 4 is 22.8 Å². The summed E-state index contributed by atoms with van der Waals surface area (Å²) in [5.74, 6) is -1.05. The number of benzene rings is 1. The van der Waals surface area contributed by atoms with Gasteiger partial charge in [0.1, 0.15) is 0 Å².